The topological polar surface area (TPSA) is 77.8 Å². The molecule has 0 aromatic rings. The Morgan fingerprint density at radius 1 is 1.38 bits per heavy atom. The Morgan fingerprint density at radius 2 is 2.08 bits per heavy atom. The summed E-state index contributed by atoms with van der Waals surface area (Å²) >= 11 is 0. The van der Waals surface area contributed by atoms with Gasteiger partial charge in [0, 0.05) is 12.7 Å². The van der Waals surface area contributed by atoms with Crippen LogP contribution in [0.5, 0.6) is 0 Å². The number of hydrogen-bond acceptors (Lipinski definition) is 2. The summed E-state index contributed by atoms with van der Waals surface area (Å²) in [5.74, 6) is -1.32. The Morgan fingerprint density at radius 3 is 2.62 bits per heavy atom. The molecule has 2 N–H and O–H groups in total. The maximum absolute atomic E-state index is 10.6. The number of aliphatic carboxylic acids is 1. The summed E-state index contributed by atoms with van der Waals surface area (Å²) in [6.45, 7) is 0.253. The molecular weight excluding hydrogens is 174 g/mol. The molecule has 0 saturated heterocycles. The maximum Gasteiger partial charge on any atom is 0.411 e. The third kappa shape index (κ3) is 2.47. The zero-order valence-electron chi connectivity index (χ0n) is 7.01. The molecule has 1 atom stereocenters. The van der Waals surface area contributed by atoms with Gasteiger partial charge in [-0.05, 0) is 12.8 Å². The monoisotopic (exact) mass is 185 g/mol. The van der Waals surface area contributed by atoms with Crippen LogP contribution in [0, 0.1) is 5.92 Å². The van der Waals surface area contributed by atoms with Crippen molar-refractivity contribution in [1.82, 2.24) is 4.90 Å². The van der Waals surface area contributed by atoms with Crippen LogP contribution >= 0.6 is 0 Å². The van der Waals surface area contributed by atoms with Crippen molar-refractivity contribution in [3.63, 3.8) is 0 Å². The van der Waals surface area contributed by atoms with Gasteiger partial charge in [-0.3, -0.25) is 9.69 Å². The second-order valence-electron chi connectivity index (χ2n) is 2.92. The molecule has 0 bridgehead atoms. The van der Waals surface area contributed by atoms with E-state index in [0.29, 0.717) is 12.8 Å². The third-order valence-corrected chi connectivity index (χ3v) is 2.02. The van der Waals surface area contributed by atoms with Crippen molar-refractivity contribution in [2.45, 2.75) is 12.8 Å². The predicted molar refractivity (Wildman–Crippen MR) is 44.2 cm³/mol. The molecule has 1 unspecified atom stereocenters. The molecule has 13 heavy (non-hydrogen) atoms. The normalized spacial score (nSPS) is 22.5. The van der Waals surface area contributed by atoms with Crippen LogP contribution in [-0.4, -0.2) is 33.7 Å². The van der Waals surface area contributed by atoms with E-state index >= 15 is 0 Å². The summed E-state index contributed by atoms with van der Waals surface area (Å²) in [6.07, 6.45) is 2.74. The number of rotatable bonds is 1. The van der Waals surface area contributed by atoms with Crippen molar-refractivity contribution >= 4 is 12.1 Å². The molecule has 5 nitrogen and oxygen atoms in total. The molecule has 1 aliphatic rings. The molecule has 0 aliphatic carbocycles. The fourth-order valence-corrected chi connectivity index (χ4v) is 1.22. The lowest BCUT2D eigenvalue weighted by molar-refractivity contribution is -0.141. The van der Waals surface area contributed by atoms with Crippen LogP contribution in [0.25, 0.3) is 0 Å². The van der Waals surface area contributed by atoms with Crippen molar-refractivity contribution < 1.29 is 19.8 Å². The zero-order valence-corrected chi connectivity index (χ0v) is 7.01. The first-order chi connectivity index (χ1) is 6.11. The number of hydrogen-bond donors (Lipinski definition) is 2. The smallest absolute Gasteiger partial charge is 0.411 e. The molecule has 0 saturated carbocycles. The highest BCUT2D eigenvalue weighted by Gasteiger charge is 2.21. The number of nitrogens with zero attached hydrogens (tertiary/aromatic N) is 1. The van der Waals surface area contributed by atoms with Crippen molar-refractivity contribution in [3.8, 4) is 0 Å². The number of amides is 1. The van der Waals surface area contributed by atoms with E-state index in [9.17, 15) is 9.59 Å². The van der Waals surface area contributed by atoms with Crippen LogP contribution in [0.15, 0.2) is 12.3 Å². The van der Waals surface area contributed by atoms with Gasteiger partial charge in [0.15, 0.2) is 0 Å². The number of allylic oxidation sites excluding steroid dienone is 1. The average Bonchev–Trinajstić information content (AvgIpc) is 2.27. The summed E-state index contributed by atoms with van der Waals surface area (Å²) < 4.78 is 0. The highest BCUT2D eigenvalue weighted by Crippen LogP contribution is 2.15. The quantitative estimate of drug-likeness (QED) is 0.638. The minimum Gasteiger partial charge on any atom is -0.481 e. The van der Waals surface area contributed by atoms with Crippen LogP contribution < -0.4 is 0 Å². The van der Waals surface area contributed by atoms with E-state index in [1.54, 1.807) is 6.08 Å². The Labute approximate surface area is 75.3 Å². The summed E-state index contributed by atoms with van der Waals surface area (Å²) in [4.78, 5) is 22.2. The second kappa shape index (κ2) is 3.93. The molecular formula is C8H11NO4. The lowest BCUT2D eigenvalue weighted by Crippen LogP contribution is -2.25. The van der Waals surface area contributed by atoms with E-state index in [-0.39, 0.29) is 6.54 Å². The highest BCUT2D eigenvalue weighted by molar-refractivity contribution is 5.71. The SMILES string of the molecule is O=C(O)C1CC=CN(C(=O)O)CC1. The fourth-order valence-electron chi connectivity index (χ4n) is 1.22. The minimum atomic E-state index is -1.04. The molecule has 1 amide bonds. The van der Waals surface area contributed by atoms with Gasteiger partial charge in [0.1, 0.15) is 0 Å². The Bertz CT molecular complexity index is 249. The molecule has 0 radical (unpaired) electrons. The molecule has 0 spiro atoms. The van der Waals surface area contributed by atoms with E-state index in [1.165, 1.54) is 6.20 Å². The van der Waals surface area contributed by atoms with Gasteiger partial charge >= 0.3 is 12.1 Å². The first-order valence-electron chi connectivity index (χ1n) is 4.00. The van der Waals surface area contributed by atoms with Gasteiger partial charge in [-0.1, -0.05) is 6.08 Å². The molecule has 1 rings (SSSR count). The zero-order chi connectivity index (χ0) is 9.84. The van der Waals surface area contributed by atoms with Crippen LogP contribution in [0.3, 0.4) is 0 Å². The van der Waals surface area contributed by atoms with Crippen LogP contribution in [-0.2, 0) is 4.79 Å². The maximum atomic E-state index is 10.6. The minimum absolute atomic E-state index is 0.253. The van der Waals surface area contributed by atoms with E-state index in [2.05, 4.69) is 0 Å². The van der Waals surface area contributed by atoms with Gasteiger partial charge in [0.05, 0.1) is 5.92 Å². The van der Waals surface area contributed by atoms with Gasteiger partial charge in [-0.2, -0.15) is 0 Å². The van der Waals surface area contributed by atoms with E-state index in [1.807, 2.05) is 0 Å². The van der Waals surface area contributed by atoms with Crippen molar-refractivity contribution in [2.75, 3.05) is 6.54 Å². The van der Waals surface area contributed by atoms with E-state index < -0.39 is 18.0 Å². The van der Waals surface area contributed by atoms with Gasteiger partial charge in [0.2, 0.25) is 0 Å². The van der Waals surface area contributed by atoms with Crippen LogP contribution in [0.4, 0.5) is 4.79 Å². The van der Waals surface area contributed by atoms with Crippen molar-refractivity contribution in [1.29, 1.82) is 0 Å². The van der Waals surface area contributed by atoms with Gasteiger partial charge in [-0.25, -0.2) is 4.79 Å². The molecule has 72 valence electrons. The first-order valence-corrected chi connectivity index (χ1v) is 4.00. The molecule has 1 aliphatic heterocycles. The van der Waals surface area contributed by atoms with E-state index in [4.69, 9.17) is 10.2 Å². The van der Waals surface area contributed by atoms with Crippen molar-refractivity contribution in [2.24, 2.45) is 5.92 Å². The lowest BCUT2D eigenvalue weighted by atomic mass is 10.0. The molecule has 1 heterocycles. The molecule has 0 aromatic heterocycles. The van der Waals surface area contributed by atoms with Crippen molar-refractivity contribution in [3.05, 3.63) is 12.3 Å². The summed E-state index contributed by atoms with van der Waals surface area (Å²) in [5.41, 5.74) is 0. The lowest BCUT2D eigenvalue weighted by Gasteiger charge is -2.12. The highest BCUT2D eigenvalue weighted by atomic mass is 16.4. The number of carbonyl (C=O) groups is 2. The van der Waals surface area contributed by atoms with Gasteiger partial charge in [-0.15, -0.1) is 0 Å². The number of carboxylic acids is 1. The summed E-state index contributed by atoms with van der Waals surface area (Å²) in [6, 6.07) is 0. The average molecular weight is 185 g/mol. The molecule has 5 heteroatoms. The Balaban J connectivity index is 2.58. The summed E-state index contributed by atoms with van der Waals surface area (Å²) in [5, 5.41) is 17.3. The molecule has 0 fully saturated rings. The standard InChI is InChI=1S/C8H11NO4/c10-7(11)6-2-1-4-9(5-3-6)8(12)13/h1,4,6H,2-3,5H2,(H,10,11)(H,12,13). The number of carboxylic acid groups (broad SMARTS) is 2. The largest absolute Gasteiger partial charge is 0.481 e. The van der Waals surface area contributed by atoms with Gasteiger partial charge in [0.25, 0.3) is 0 Å². The Hall–Kier alpha value is -1.52. The summed E-state index contributed by atoms with van der Waals surface area (Å²) in [7, 11) is 0. The van der Waals surface area contributed by atoms with Crippen LogP contribution in [0.2, 0.25) is 0 Å². The fraction of sp³-hybridized carbons (Fsp3) is 0.500. The van der Waals surface area contributed by atoms with Gasteiger partial charge < -0.3 is 10.2 Å². The predicted octanol–water partition coefficient (Wildman–Crippen LogP) is 0.975. The first kappa shape index (κ1) is 9.57. The Kier molecular flexibility index (Phi) is 2.89. The molecule has 0 aromatic carbocycles. The third-order valence-electron chi connectivity index (χ3n) is 2.02. The second-order valence-corrected chi connectivity index (χ2v) is 2.92. The van der Waals surface area contributed by atoms with E-state index in [0.717, 1.165) is 4.90 Å². The van der Waals surface area contributed by atoms with Crippen LogP contribution in [0.1, 0.15) is 12.8 Å².